The summed E-state index contributed by atoms with van der Waals surface area (Å²) in [7, 11) is -3.68. The van der Waals surface area contributed by atoms with Crippen LogP contribution in [0.25, 0.3) is 0 Å². The second kappa shape index (κ2) is 5.79. The fourth-order valence-electron chi connectivity index (χ4n) is 2.33. The number of sulfonamides is 1. The Morgan fingerprint density at radius 2 is 1.95 bits per heavy atom. The summed E-state index contributed by atoms with van der Waals surface area (Å²) in [6.07, 6.45) is 0.376. The van der Waals surface area contributed by atoms with E-state index in [-0.39, 0.29) is 15.9 Å². The number of amides is 1. The zero-order valence-corrected chi connectivity index (χ0v) is 13.0. The molecule has 22 heavy (non-hydrogen) atoms. The Hall–Kier alpha value is -1.77. The molecule has 2 aromatic rings. The molecule has 1 fully saturated rings. The van der Waals surface area contributed by atoms with E-state index in [9.17, 15) is 17.6 Å². The monoisotopic (exact) mass is 340 g/mol. The Bertz CT molecular complexity index is 773. The van der Waals surface area contributed by atoms with Gasteiger partial charge in [-0.25, -0.2) is 12.8 Å². The molecular formula is C14H13FN2O3S2. The van der Waals surface area contributed by atoms with E-state index in [1.165, 1.54) is 35.2 Å². The first-order valence-corrected chi connectivity index (χ1v) is 8.96. The quantitative estimate of drug-likeness (QED) is 0.925. The zero-order valence-electron chi connectivity index (χ0n) is 11.4. The van der Waals surface area contributed by atoms with Crippen LogP contribution in [0, 0.1) is 5.82 Å². The van der Waals surface area contributed by atoms with Gasteiger partial charge in [0.05, 0.1) is 0 Å². The Labute approximate surface area is 131 Å². The van der Waals surface area contributed by atoms with Crippen molar-refractivity contribution in [2.75, 3.05) is 11.4 Å². The van der Waals surface area contributed by atoms with Gasteiger partial charge in [-0.15, -0.1) is 11.3 Å². The second-order valence-corrected chi connectivity index (χ2v) is 7.75. The van der Waals surface area contributed by atoms with Gasteiger partial charge in [0.2, 0.25) is 5.91 Å². The molecule has 0 aliphatic carbocycles. The summed E-state index contributed by atoms with van der Waals surface area (Å²) in [5.41, 5.74) is 0.559. The van der Waals surface area contributed by atoms with Gasteiger partial charge in [-0.1, -0.05) is 6.07 Å². The van der Waals surface area contributed by atoms with Crippen molar-refractivity contribution in [1.82, 2.24) is 4.72 Å². The van der Waals surface area contributed by atoms with E-state index >= 15 is 0 Å². The number of thiophene rings is 1. The Balaban J connectivity index is 1.75. The molecule has 1 saturated heterocycles. The first-order chi connectivity index (χ1) is 10.5. The number of carbonyl (C=O) groups excluding carboxylic acids is 1. The average molecular weight is 340 g/mol. The lowest BCUT2D eigenvalue weighted by Gasteiger charge is -2.17. The Morgan fingerprint density at radius 3 is 2.59 bits per heavy atom. The summed E-state index contributed by atoms with van der Waals surface area (Å²) in [6.45, 7) is 0.391. The number of nitrogens with one attached hydrogen (secondary N) is 1. The van der Waals surface area contributed by atoms with E-state index in [1.807, 2.05) is 0 Å². The molecule has 1 atom stereocenters. The third kappa shape index (κ3) is 2.90. The molecule has 1 aliphatic heterocycles. The molecule has 1 aromatic heterocycles. The first kappa shape index (κ1) is 15.1. The maximum absolute atomic E-state index is 12.9. The van der Waals surface area contributed by atoms with Crippen molar-refractivity contribution in [3.8, 4) is 0 Å². The largest absolute Gasteiger partial charge is 0.311 e. The molecule has 1 aromatic carbocycles. The van der Waals surface area contributed by atoms with E-state index in [2.05, 4.69) is 4.72 Å². The van der Waals surface area contributed by atoms with Crippen molar-refractivity contribution in [3.63, 3.8) is 0 Å². The number of hydrogen-bond acceptors (Lipinski definition) is 4. The average Bonchev–Trinajstić information content (AvgIpc) is 3.12. The van der Waals surface area contributed by atoms with E-state index in [0.717, 1.165) is 11.3 Å². The van der Waals surface area contributed by atoms with Crippen molar-refractivity contribution in [1.29, 1.82) is 0 Å². The molecule has 1 N–H and O–H groups in total. The van der Waals surface area contributed by atoms with E-state index in [4.69, 9.17) is 0 Å². The summed E-state index contributed by atoms with van der Waals surface area (Å²) in [4.78, 5) is 13.8. The standard InChI is InChI=1S/C14H13FN2O3S2/c15-10-3-5-11(6-4-10)17-8-7-12(14(17)18)16-22(19,20)13-2-1-9-21-13/h1-6,9,12,16H,7-8H2/t12-/m0/s1. The van der Waals surface area contributed by atoms with Gasteiger partial charge >= 0.3 is 0 Å². The fourth-order valence-corrected chi connectivity index (χ4v) is 4.56. The van der Waals surface area contributed by atoms with E-state index < -0.39 is 16.1 Å². The van der Waals surface area contributed by atoms with Gasteiger partial charge in [0, 0.05) is 12.2 Å². The summed E-state index contributed by atoms with van der Waals surface area (Å²) >= 11 is 1.10. The van der Waals surface area contributed by atoms with Crippen LogP contribution in [-0.4, -0.2) is 26.9 Å². The second-order valence-electron chi connectivity index (χ2n) is 4.86. The smallest absolute Gasteiger partial charge is 0.250 e. The highest BCUT2D eigenvalue weighted by Gasteiger charge is 2.35. The minimum absolute atomic E-state index is 0.181. The summed E-state index contributed by atoms with van der Waals surface area (Å²) < 4.78 is 39.9. The van der Waals surface area contributed by atoms with Crippen molar-refractivity contribution in [2.45, 2.75) is 16.7 Å². The van der Waals surface area contributed by atoms with E-state index in [0.29, 0.717) is 18.7 Å². The minimum Gasteiger partial charge on any atom is -0.311 e. The number of rotatable bonds is 4. The van der Waals surface area contributed by atoms with Crippen LogP contribution >= 0.6 is 11.3 Å². The van der Waals surface area contributed by atoms with Gasteiger partial charge < -0.3 is 4.90 Å². The number of anilines is 1. The Morgan fingerprint density at radius 1 is 1.23 bits per heavy atom. The molecule has 0 unspecified atom stereocenters. The molecule has 5 nitrogen and oxygen atoms in total. The molecule has 1 amide bonds. The topological polar surface area (TPSA) is 66.5 Å². The van der Waals surface area contributed by atoms with Crippen molar-refractivity contribution < 1.29 is 17.6 Å². The van der Waals surface area contributed by atoms with Crippen molar-refractivity contribution in [3.05, 3.63) is 47.6 Å². The summed E-state index contributed by atoms with van der Waals surface area (Å²) in [6, 6.07) is 7.88. The molecule has 0 radical (unpaired) electrons. The van der Waals surface area contributed by atoms with Gasteiger partial charge in [0.25, 0.3) is 10.0 Å². The lowest BCUT2D eigenvalue weighted by Crippen LogP contribution is -2.41. The molecule has 8 heteroatoms. The molecular weight excluding hydrogens is 327 g/mol. The highest BCUT2D eigenvalue weighted by atomic mass is 32.2. The predicted molar refractivity (Wildman–Crippen MR) is 81.8 cm³/mol. The van der Waals surface area contributed by atoms with Gasteiger partial charge in [-0.2, -0.15) is 4.72 Å². The van der Waals surface area contributed by atoms with Crippen molar-refractivity contribution in [2.24, 2.45) is 0 Å². The molecule has 116 valence electrons. The molecule has 1 aliphatic rings. The molecule has 0 spiro atoms. The van der Waals surface area contributed by atoms with E-state index in [1.54, 1.807) is 11.4 Å². The van der Waals surface area contributed by atoms with Crippen LogP contribution in [0.4, 0.5) is 10.1 Å². The van der Waals surface area contributed by atoms with Gasteiger partial charge in [-0.3, -0.25) is 4.79 Å². The maximum atomic E-state index is 12.9. The third-order valence-corrected chi connectivity index (χ3v) is 6.27. The normalized spacial score (nSPS) is 18.9. The van der Waals surface area contributed by atoms with Crippen LogP contribution in [0.1, 0.15) is 6.42 Å². The van der Waals surface area contributed by atoms with Crippen LogP contribution in [-0.2, 0) is 14.8 Å². The highest BCUT2D eigenvalue weighted by Crippen LogP contribution is 2.23. The lowest BCUT2D eigenvalue weighted by atomic mass is 10.3. The third-order valence-electron chi connectivity index (χ3n) is 3.40. The summed E-state index contributed by atoms with van der Waals surface area (Å²) in [5, 5.41) is 1.66. The molecule has 2 heterocycles. The predicted octanol–water partition coefficient (Wildman–Crippen LogP) is 1.97. The SMILES string of the molecule is O=C1[C@@H](NS(=O)(=O)c2cccs2)CCN1c1ccc(F)cc1. The van der Waals surface area contributed by atoms with Gasteiger partial charge in [-0.05, 0) is 42.1 Å². The Kier molecular flexibility index (Phi) is 3.98. The van der Waals surface area contributed by atoms with Crippen LogP contribution in [0.15, 0.2) is 46.0 Å². The number of nitrogens with zero attached hydrogens (tertiary/aromatic N) is 1. The minimum atomic E-state index is -3.68. The summed E-state index contributed by atoms with van der Waals surface area (Å²) in [5.74, 6) is -0.711. The molecule has 0 saturated carbocycles. The van der Waals surface area contributed by atoms with Crippen molar-refractivity contribution >= 4 is 33.0 Å². The van der Waals surface area contributed by atoms with Crippen LogP contribution in [0.5, 0.6) is 0 Å². The van der Waals surface area contributed by atoms with Gasteiger partial charge in [0.15, 0.2) is 0 Å². The number of halogens is 1. The molecule has 3 rings (SSSR count). The maximum Gasteiger partial charge on any atom is 0.250 e. The number of carbonyl (C=O) groups is 1. The fraction of sp³-hybridized carbons (Fsp3) is 0.214. The first-order valence-electron chi connectivity index (χ1n) is 6.60. The number of hydrogen-bond donors (Lipinski definition) is 1. The lowest BCUT2D eigenvalue weighted by molar-refractivity contribution is -0.118. The molecule has 0 bridgehead atoms. The van der Waals surface area contributed by atoms with Crippen LogP contribution in [0.3, 0.4) is 0 Å². The zero-order chi connectivity index (χ0) is 15.7. The van der Waals surface area contributed by atoms with Crippen LogP contribution < -0.4 is 9.62 Å². The van der Waals surface area contributed by atoms with Gasteiger partial charge in [0.1, 0.15) is 16.1 Å². The van der Waals surface area contributed by atoms with Crippen LogP contribution in [0.2, 0.25) is 0 Å². The highest BCUT2D eigenvalue weighted by molar-refractivity contribution is 7.91. The number of benzene rings is 1.